The van der Waals surface area contributed by atoms with Crippen LogP contribution in [0, 0.1) is 50.4 Å². The van der Waals surface area contributed by atoms with Crippen LogP contribution < -0.4 is 10.7 Å². The lowest BCUT2D eigenvalue weighted by molar-refractivity contribution is 1.07. The number of hydrogen-bond acceptors (Lipinski definition) is 6. The molecule has 0 saturated carbocycles. The molecular weight excluding hydrogens is 494 g/mol. The zero-order valence-corrected chi connectivity index (χ0v) is 23.2. The molecule has 0 atom stereocenters. The van der Waals surface area contributed by atoms with Crippen LogP contribution >= 0.6 is 0 Å². The molecule has 0 fully saturated rings. The van der Waals surface area contributed by atoms with Gasteiger partial charge in [-0.2, -0.15) is 10.5 Å². The van der Waals surface area contributed by atoms with Crippen molar-refractivity contribution in [3.8, 4) is 12.1 Å². The maximum atomic E-state index is 10.4. The maximum absolute atomic E-state index is 10.4. The van der Waals surface area contributed by atoms with Gasteiger partial charge in [-0.25, -0.2) is 9.97 Å². The van der Waals surface area contributed by atoms with Crippen LogP contribution in [0.25, 0.3) is 44.0 Å². The fourth-order valence-electron chi connectivity index (χ4n) is 5.48. The van der Waals surface area contributed by atoms with Crippen LogP contribution in [-0.2, 0) is 0 Å². The van der Waals surface area contributed by atoms with Gasteiger partial charge in [-0.3, -0.25) is 9.97 Å². The van der Waals surface area contributed by atoms with Crippen molar-refractivity contribution in [2.45, 2.75) is 27.7 Å². The van der Waals surface area contributed by atoms with Gasteiger partial charge in [0.25, 0.3) is 0 Å². The fourth-order valence-corrected chi connectivity index (χ4v) is 5.48. The minimum atomic E-state index is 0.427. The van der Waals surface area contributed by atoms with E-state index in [1.165, 1.54) is 0 Å². The summed E-state index contributed by atoms with van der Waals surface area (Å²) in [5.41, 5.74) is 8.90. The Balaban J connectivity index is 1.74. The Bertz CT molecular complexity index is 2100. The number of rotatable bonds is 2. The molecule has 6 aromatic rings. The maximum Gasteiger partial charge on any atom is 0.223 e. The van der Waals surface area contributed by atoms with E-state index in [4.69, 9.17) is 9.97 Å². The van der Waals surface area contributed by atoms with Crippen LogP contribution in [0.1, 0.15) is 33.9 Å². The van der Waals surface area contributed by atoms with Crippen molar-refractivity contribution >= 4 is 59.9 Å². The van der Waals surface area contributed by atoms with Crippen molar-refractivity contribution in [3.05, 3.63) is 93.4 Å². The standard InChI is InChI=1S/C30H24B2N8/c1-15-5-7-21-23(9-15)37-25(13-35-21)19(11-33)29-27-17(3)40(32)30(28(27)18(4)39(29)31)20(12-34)26-14-36-22-8-6-16(2)10-24(22)38-26/h5-10,13-14H,31-32H2,1-4H3/b29-19-,30-20-. The van der Waals surface area contributed by atoms with Crippen LogP contribution in [0.3, 0.4) is 0 Å². The Hall–Kier alpha value is -5.21. The molecule has 0 bridgehead atoms. The fraction of sp³-hybridized carbons (Fsp3) is 0.133. The number of aryl methyl sites for hydroxylation is 4. The molecule has 8 nitrogen and oxygen atoms in total. The monoisotopic (exact) mass is 518 g/mol. The van der Waals surface area contributed by atoms with Gasteiger partial charge in [-0.1, -0.05) is 12.1 Å². The molecule has 0 N–H and O–H groups in total. The van der Waals surface area contributed by atoms with Crippen molar-refractivity contribution in [2.24, 2.45) is 0 Å². The third-order valence-corrected chi connectivity index (χ3v) is 7.73. The highest BCUT2D eigenvalue weighted by molar-refractivity contribution is 6.14. The number of nitrogens with zero attached hydrogens (tertiary/aromatic N) is 8. The van der Waals surface area contributed by atoms with Crippen molar-refractivity contribution in [3.63, 3.8) is 0 Å². The van der Waals surface area contributed by atoms with Crippen molar-refractivity contribution < 1.29 is 0 Å². The average molecular weight is 518 g/mol. The number of hydrogen-bond donors (Lipinski definition) is 0. The molecule has 0 amide bonds. The predicted molar refractivity (Wildman–Crippen MR) is 161 cm³/mol. The van der Waals surface area contributed by atoms with Gasteiger partial charge in [0, 0.05) is 22.2 Å². The highest BCUT2D eigenvalue weighted by Crippen LogP contribution is 2.23. The Morgan fingerprint density at radius 1 is 0.650 bits per heavy atom. The summed E-state index contributed by atoms with van der Waals surface area (Å²) < 4.78 is 4.01. The second-order valence-corrected chi connectivity index (χ2v) is 10.2. The predicted octanol–water partition coefficient (Wildman–Crippen LogP) is 1.80. The van der Waals surface area contributed by atoms with Crippen molar-refractivity contribution in [1.82, 2.24) is 28.9 Å². The highest BCUT2D eigenvalue weighted by Gasteiger charge is 2.22. The summed E-state index contributed by atoms with van der Waals surface area (Å²) in [6, 6.07) is 16.6. The van der Waals surface area contributed by atoms with Crippen LogP contribution in [-0.4, -0.2) is 44.9 Å². The van der Waals surface area contributed by atoms with Crippen LogP contribution in [0.15, 0.2) is 48.8 Å². The molecule has 190 valence electrons. The van der Waals surface area contributed by atoms with E-state index < -0.39 is 0 Å². The van der Waals surface area contributed by atoms with Gasteiger partial charge in [0.2, 0.25) is 16.0 Å². The summed E-state index contributed by atoms with van der Waals surface area (Å²) in [6.07, 6.45) is 3.31. The molecule has 4 heterocycles. The van der Waals surface area contributed by atoms with E-state index in [9.17, 15) is 10.5 Å². The zero-order chi connectivity index (χ0) is 28.3. The van der Waals surface area contributed by atoms with E-state index in [-0.39, 0.29) is 0 Å². The van der Waals surface area contributed by atoms with Gasteiger partial charge in [0.05, 0.1) is 45.2 Å². The summed E-state index contributed by atoms with van der Waals surface area (Å²) in [4.78, 5) is 18.8. The normalized spacial score (nSPS) is 12.9. The quantitative estimate of drug-likeness (QED) is 0.324. The Morgan fingerprint density at radius 2 is 1.05 bits per heavy atom. The summed E-state index contributed by atoms with van der Waals surface area (Å²) in [6.45, 7) is 8.02. The highest BCUT2D eigenvalue weighted by atomic mass is 14.9. The first-order valence-electron chi connectivity index (χ1n) is 12.9. The van der Waals surface area contributed by atoms with Gasteiger partial charge in [0.15, 0.2) is 0 Å². The largest absolute Gasteiger partial charge is 0.395 e. The summed E-state index contributed by atoms with van der Waals surface area (Å²) in [5.74, 6) is 0. The lowest BCUT2D eigenvalue weighted by atomic mass is 10.1. The van der Waals surface area contributed by atoms with Gasteiger partial charge in [0.1, 0.15) is 34.7 Å². The molecular formula is C30H24B2N8. The molecule has 0 radical (unpaired) electrons. The molecule has 6 rings (SSSR count). The lowest BCUT2D eigenvalue weighted by Crippen LogP contribution is -2.24. The summed E-state index contributed by atoms with van der Waals surface area (Å²) in [7, 11) is 3.88. The van der Waals surface area contributed by atoms with E-state index in [2.05, 4.69) is 22.1 Å². The first-order chi connectivity index (χ1) is 19.2. The first kappa shape index (κ1) is 25.1. The smallest absolute Gasteiger partial charge is 0.223 e. The molecule has 0 aliphatic rings. The Kier molecular flexibility index (Phi) is 5.78. The van der Waals surface area contributed by atoms with Crippen molar-refractivity contribution in [1.29, 1.82) is 10.5 Å². The molecule has 0 aliphatic heterocycles. The summed E-state index contributed by atoms with van der Waals surface area (Å²) >= 11 is 0. The first-order valence-corrected chi connectivity index (χ1v) is 12.9. The average Bonchev–Trinajstić information content (AvgIpc) is 3.34. The number of benzene rings is 2. The molecule has 0 aliphatic carbocycles. The molecule has 10 heteroatoms. The second kappa shape index (κ2) is 9.21. The summed E-state index contributed by atoms with van der Waals surface area (Å²) in [5, 5.41) is 24.1. The number of nitriles is 2. The van der Waals surface area contributed by atoms with Crippen LogP contribution in [0.4, 0.5) is 0 Å². The van der Waals surface area contributed by atoms with E-state index >= 15 is 0 Å². The second-order valence-electron chi connectivity index (χ2n) is 10.2. The molecule has 2 aromatic carbocycles. The topological polar surface area (TPSA) is 109 Å². The van der Waals surface area contributed by atoms with E-state index in [0.717, 1.165) is 66.1 Å². The molecule has 0 spiro atoms. The Morgan fingerprint density at radius 3 is 1.43 bits per heavy atom. The molecule has 4 aromatic heterocycles. The van der Waals surface area contributed by atoms with E-state index in [0.29, 0.717) is 22.5 Å². The van der Waals surface area contributed by atoms with E-state index in [1.54, 1.807) is 12.4 Å². The van der Waals surface area contributed by atoms with Crippen molar-refractivity contribution in [2.75, 3.05) is 0 Å². The number of fused-ring (bicyclic) bond motifs is 3. The number of aromatic nitrogens is 6. The zero-order valence-electron chi connectivity index (χ0n) is 23.2. The van der Waals surface area contributed by atoms with E-state index in [1.807, 2.05) is 89.0 Å². The third kappa shape index (κ3) is 3.69. The SMILES string of the molecule is Bn1c(C)c2/c(=C(\C#N)c3cnc4ccc(C)cc4n3)n(B)c(C)c2/c1=C(\C#N)c1cnc2ccc(C)cc2n1. The minimum Gasteiger partial charge on any atom is -0.395 e. The van der Waals surface area contributed by atoms with Gasteiger partial charge >= 0.3 is 0 Å². The molecule has 0 unspecified atom stereocenters. The van der Waals surface area contributed by atoms with Gasteiger partial charge in [-0.15, -0.1) is 0 Å². The van der Waals surface area contributed by atoms with Gasteiger partial charge in [-0.05, 0) is 63.1 Å². The van der Waals surface area contributed by atoms with Crippen LogP contribution in [0.5, 0.6) is 0 Å². The molecule has 40 heavy (non-hydrogen) atoms. The Labute approximate surface area is 232 Å². The third-order valence-electron chi connectivity index (χ3n) is 7.73. The van der Waals surface area contributed by atoms with Gasteiger partial charge < -0.3 is 8.96 Å². The van der Waals surface area contributed by atoms with Crippen LogP contribution in [0.2, 0.25) is 0 Å². The lowest BCUT2D eigenvalue weighted by Gasteiger charge is -2.07. The minimum absolute atomic E-state index is 0.427. The molecule has 0 saturated heterocycles.